The molecule has 0 spiro atoms. The third-order valence-electron chi connectivity index (χ3n) is 4.17. The number of hydrogen-bond acceptors (Lipinski definition) is 5. The quantitative estimate of drug-likeness (QED) is 0.772. The van der Waals surface area contributed by atoms with Gasteiger partial charge in [-0.25, -0.2) is 4.98 Å². The van der Waals surface area contributed by atoms with Crippen LogP contribution in [0.3, 0.4) is 0 Å². The average molecular weight is 325 g/mol. The fourth-order valence-corrected chi connectivity index (χ4v) is 3.54. The molecule has 0 bridgehead atoms. The Balaban J connectivity index is 1.86. The van der Waals surface area contributed by atoms with Crippen molar-refractivity contribution in [3.63, 3.8) is 0 Å². The first kappa shape index (κ1) is 17.4. The lowest BCUT2D eigenvalue weighted by atomic mass is 10.0. The maximum absolute atomic E-state index is 12.3. The van der Waals surface area contributed by atoms with Crippen molar-refractivity contribution in [2.24, 2.45) is 5.92 Å². The van der Waals surface area contributed by atoms with E-state index in [-0.39, 0.29) is 11.8 Å². The molecule has 1 fully saturated rings. The van der Waals surface area contributed by atoms with Gasteiger partial charge < -0.3 is 9.64 Å². The molecule has 0 radical (unpaired) electrons. The van der Waals surface area contributed by atoms with E-state index >= 15 is 0 Å². The Morgan fingerprint density at radius 3 is 2.73 bits per heavy atom. The Labute approximate surface area is 137 Å². The predicted octanol–water partition coefficient (Wildman–Crippen LogP) is 2.37. The molecule has 5 nitrogen and oxygen atoms in total. The molecule has 2 heterocycles. The number of morpholine rings is 1. The molecule has 1 saturated heterocycles. The number of carbonyl (C=O) groups excluding carboxylic acids is 1. The Kier molecular flexibility index (Phi) is 6.79. The van der Waals surface area contributed by atoms with E-state index in [1.165, 1.54) is 0 Å². The highest BCUT2D eigenvalue weighted by molar-refractivity contribution is 7.09. The smallest absolute Gasteiger partial charge is 0.225 e. The summed E-state index contributed by atoms with van der Waals surface area (Å²) in [6, 6.07) is 0. The zero-order chi connectivity index (χ0) is 15.9. The lowest BCUT2D eigenvalue weighted by molar-refractivity contribution is -0.135. The summed E-state index contributed by atoms with van der Waals surface area (Å²) in [5, 5.41) is 3.20. The van der Waals surface area contributed by atoms with Gasteiger partial charge in [0.05, 0.1) is 32.0 Å². The molecule has 0 saturated carbocycles. The molecule has 1 aromatic rings. The van der Waals surface area contributed by atoms with Crippen molar-refractivity contribution in [2.45, 2.75) is 39.8 Å². The van der Waals surface area contributed by atoms with Crippen molar-refractivity contribution in [1.29, 1.82) is 0 Å². The number of aromatic nitrogens is 1. The van der Waals surface area contributed by atoms with Gasteiger partial charge in [-0.3, -0.25) is 9.69 Å². The van der Waals surface area contributed by atoms with E-state index in [0.717, 1.165) is 56.4 Å². The molecule has 0 N–H and O–H groups in total. The standard InChI is InChI=1S/C16H27N3O2S/c1-4-13(5-2)16(20)18(3)10-14-12-22-15(17-14)11-19-6-8-21-9-7-19/h12-13H,4-11H2,1-3H3. The average Bonchev–Trinajstić information content (AvgIpc) is 2.96. The summed E-state index contributed by atoms with van der Waals surface area (Å²) in [5.74, 6) is 0.365. The van der Waals surface area contributed by atoms with Crippen molar-refractivity contribution in [3.05, 3.63) is 16.1 Å². The molecule has 1 aromatic heterocycles. The lowest BCUT2D eigenvalue weighted by Crippen LogP contribution is -2.35. The minimum atomic E-state index is 0.136. The van der Waals surface area contributed by atoms with Crippen LogP contribution in [0, 0.1) is 5.92 Å². The van der Waals surface area contributed by atoms with Gasteiger partial charge in [0.1, 0.15) is 5.01 Å². The number of hydrogen-bond donors (Lipinski definition) is 0. The Morgan fingerprint density at radius 1 is 1.41 bits per heavy atom. The highest BCUT2D eigenvalue weighted by atomic mass is 32.1. The van der Waals surface area contributed by atoms with Crippen LogP contribution in [0.1, 0.15) is 37.4 Å². The zero-order valence-corrected chi connectivity index (χ0v) is 14.7. The molecule has 0 aliphatic carbocycles. The monoisotopic (exact) mass is 325 g/mol. The molecular formula is C16H27N3O2S. The second-order valence-electron chi connectivity index (χ2n) is 5.83. The van der Waals surface area contributed by atoms with Crippen molar-refractivity contribution in [1.82, 2.24) is 14.8 Å². The van der Waals surface area contributed by atoms with E-state index in [2.05, 4.69) is 29.1 Å². The number of ether oxygens (including phenoxy) is 1. The van der Waals surface area contributed by atoms with Crippen molar-refractivity contribution in [2.75, 3.05) is 33.4 Å². The highest BCUT2D eigenvalue weighted by Crippen LogP contribution is 2.17. The van der Waals surface area contributed by atoms with Crippen molar-refractivity contribution < 1.29 is 9.53 Å². The van der Waals surface area contributed by atoms with Gasteiger partial charge in [0.15, 0.2) is 0 Å². The third-order valence-corrected chi connectivity index (χ3v) is 5.05. The van der Waals surface area contributed by atoms with E-state index in [1.807, 2.05) is 11.9 Å². The molecule has 1 amide bonds. The fraction of sp³-hybridized carbons (Fsp3) is 0.750. The fourth-order valence-electron chi connectivity index (χ4n) is 2.72. The lowest BCUT2D eigenvalue weighted by Gasteiger charge is -2.25. The van der Waals surface area contributed by atoms with Crippen LogP contribution in [-0.2, 0) is 22.6 Å². The Hall–Kier alpha value is -0.980. The van der Waals surface area contributed by atoms with E-state index in [9.17, 15) is 4.79 Å². The van der Waals surface area contributed by atoms with Crippen LogP contribution in [0.2, 0.25) is 0 Å². The molecule has 22 heavy (non-hydrogen) atoms. The predicted molar refractivity (Wildman–Crippen MR) is 88.8 cm³/mol. The van der Waals surface area contributed by atoms with Crippen LogP contribution < -0.4 is 0 Å². The van der Waals surface area contributed by atoms with Gasteiger partial charge in [-0.2, -0.15) is 0 Å². The van der Waals surface area contributed by atoms with Gasteiger partial charge in [0.25, 0.3) is 0 Å². The molecule has 2 rings (SSSR count). The largest absolute Gasteiger partial charge is 0.379 e. The van der Waals surface area contributed by atoms with Crippen LogP contribution in [0.25, 0.3) is 0 Å². The van der Waals surface area contributed by atoms with Gasteiger partial charge in [-0.05, 0) is 12.8 Å². The van der Waals surface area contributed by atoms with Gasteiger partial charge in [-0.1, -0.05) is 13.8 Å². The first-order chi connectivity index (χ1) is 10.6. The summed E-state index contributed by atoms with van der Waals surface area (Å²) >= 11 is 1.69. The summed E-state index contributed by atoms with van der Waals surface area (Å²) < 4.78 is 5.36. The summed E-state index contributed by atoms with van der Waals surface area (Å²) in [7, 11) is 1.88. The molecule has 0 unspecified atom stereocenters. The zero-order valence-electron chi connectivity index (χ0n) is 13.9. The summed E-state index contributed by atoms with van der Waals surface area (Å²) in [4.78, 5) is 21.2. The molecule has 1 aliphatic rings. The van der Waals surface area contributed by atoms with Crippen LogP contribution >= 0.6 is 11.3 Å². The molecule has 124 valence electrons. The summed E-state index contributed by atoms with van der Waals surface area (Å²) in [6.07, 6.45) is 1.80. The van der Waals surface area contributed by atoms with E-state index in [4.69, 9.17) is 4.74 Å². The topological polar surface area (TPSA) is 45.7 Å². The van der Waals surface area contributed by atoms with Gasteiger partial charge >= 0.3 is 0 Å². The van der Waals surface area contributed by atoms with Gasteiger partial charge in [0, 0.05) is 31.4 Å². The molecule has 0 atom stereocenters. The number of nitrogens with zero attached hydrogens (tertiary/aromatic N) is 3. The number of thiazole rings is 1. The van der Waals surface area contributed by atoms with E-state index < -0.39 is 0 Å². The SMILES string of the molecule is CCC(CC)C(=O)N(C)Cc1csc(CN2CCOCC2)n1. The minimum absolute atomic E-state index is 0.136. The highest BCUT2D eigenvalue weighted by Gasteiger charge is 2.19. The van der Waals surface area contributed by atoms with E-state index in [0.29, 0.717) is 6.54 Å². The Bertz CT molecular complexity index is 468. The molecular weight excluding hydrogens is 298 g/mol. The summed E-state index contributed by atoms with van der Waals surface area (Å²) in [5.41, 5.74) is 0.995. The van der Waals surface area contributed by atoms with E-state index in [1.54, 1.807) is 11.3 Å². The minimum Gasteiger partial charge on any atom is -0.379 e. The Morgan fingerprint density at radius 2 is 2.09 bits per heavy atom. The number of carbonyl (C=O) groups is 1. The molecule has 6 heteroatoms. The van der Waals surface area contributed by atoms with Crippen molar-refractivity contribution >= 4 is 17.2 Å². The van der Waals surface area contributed by atoms with Crippen LogP contribution in [0.15, 0.2) is 5.38 Å². The second-order valence-corrected chi connectivity index (χ2v) is 6.77. The normalized spacial score (nSPS) is 16.2. The first-order valence-electron chi connectivity index (χ1n) is 8.12. The van der Waals surface area contributed by atoms with Crippen LogP contribution in [0.5, 0.6) is 0 Å². The van der Waals surface area contributed by atoms with Crippen LogP contribution in [0.4, 0.5) is 0 Å². The summed E-state index contributed by atoms with van der Waals surface area (Å²) in [6.45, 7) is 9.21. The maximum Gasteiger partial charge on any atom is 0.225 e. The third kappa shape index (κ3) is 4.76. The van der Waals surface area contributed by atoms with Gasteiger partial charge in [-0.15, -0.1) is 11.3 Å². The van der Waals surface area contributed by atoms with Crippen LogP contribution in [-0.4, -0.2) is 54.0 Å². The maximum atomic E-state index is 12.3. The second kappa shape index (κ2) is 8.60. The van der Waals surface area contributed by atoms with Gasteiger partial charge in [0.2, 0.25) is 5.91 Å². The number of amides is 1. The molecule has 1 aliphatic heterocycles. The first-order valence-corrected chi connectivity index (χ1v) is 9.00. The molecule has 0 aromatic carbocycles. The van der Waals surface area contributed by atoms with Crippen molar-refractivity contribution in [3.8, 4) is 0 Å². The number of rotatable bonds is 7.